The van der Waals surface area contributed by atoms with E-state index in [9.17, 15) is 13.5 Å². The predicted octanol–water partition coefficient (Wildman–Crippen LogP) is 2.79. The maximum absolute atomic E-state index is 13.5. The van der Waals surface area contributed by atoms with Gasteiger partial charge in [0.05, 0.1) is 30.9 Å². The van der Waals surface area contributed by atoms with E-state index >= 15 is 0 Å². The van der Waals surface area contributed by atoms with E-state index in [1.165, 1.54) is 21.1 Å². The molecule has 0 saturated heterocycles. The first-order valence-electron chi connectivity index (χ1n) is 11.4. The van der Waals surface area contributed by atoms with Crippen molar-refractivity contribution < 1.29 is 23.0 Å². The Morgan fingerprint density at radius 3 is 2.27 bits per heavy atom. The number of hydrogen-bond donors (Lipinski definition) is 1. The molecule has 0 bridgehead atoms. The Labute approximate surface area is 215 Å². The molecule has 0 spiro atoms. The maximum Gasteiger partial charge on any atom is 0.170 e. The Balaban J connectivity index is 1.83. The SMILES string of the molecule is COc1cccc(OC)c1-n1c(CS(=O)(=O)[C@H](C)[C@@H](O)c2ccc(C)nn2)nnc1-c1cncc(C)c1. The molecule has 0 saturated carbocycles. The number of nitrogens with zero attached hydrogens (tertiary/aromatic N) is 6. The third-order valence-electron chi connectivity index (χ3n) is 5.95. The zero-order chi connectivity index (χ0) is 26.7. The van der Waals surface area contributed by atoms with Gasteiger partial charge in [0.1, 0.15) is 29.0 Å². The van der Waals surface area contributed by atoms with Crippen LogP contribution in [0.4, 0.5) is 0 Å². The molecule has 1 aromatic carbocycles. The number of pyridine rings is 1. The number of aryl methyl sites for hydroxylation is 2. The number of benzene rings is 1. The van der Waals surface area contributed by atoms with Crippen molar-refractivity contribution in [3.63, 3.8) is 0 Å². The highest BCUT2D eigenvalue weighted by molar-refractivity contribution is 7.91. The van der Waals surface area contributed by atoms with Gasteiger partial charge in [-0.25, -0.2) is 8.42 Å². The summed E-state index contributed by atoms with van der Waals surface area (Å²) in [5.41, 5.74) is 2.79. The van der Waals surface area contributed by atoms with Crippen molar-refractivity contribution in [1.82, 2.24) is 29.9 Å². The van der Waals surface area contributed by atoms with Gasteiger partial charge in [-0.2, -0.15) is 10.2 Å². The van der Waals surface area contributed by atoms with Gasteiger partial charge in [0.25, 0.3) is 0 Å². The number of para-hydroxylation sites is 1. The van der Waals surface area contributed by atoms with Crippen molar-refractivity contribution in [2.24, 2.45) is 0 Å². The van der Waals surface area contributed by atoms with E-state index in [1.807, 2.05) is 13.0 Å². The van der Waals surface area contributed by atoms with Crippen molar-refractivity contribution in [3.8, 4) is 28.6 Å². The zero-order valence-electron chi connectivity index (χ0n) is 21.2. The fourth-order valence-electron chi connectivity index (χ4n) is 3.88. The van der Waals surface area contributed by atoms with Gasteiger partial charge in [-0.3, -0.25) is 9.55 Å². The molecule has 0 aliphatic rings. The summed E-state index contributed by atoms with van der Waals surface area (Å²) in [6, 6.07) is 10.3. The minimum absolute atomic E-state index is 0.119. The molecule has 3 heterocycles. The van der Waals surface area contributed by atoms with E-state index in [2.05, 4.69) is 25.4 Å². The summed E-state index contributed by atoms with van der Waals surface area (Å²) in [4.78, 5) is 4.25. The van der Waals surface area contributed by atoms with E-state index in [0.717, 1.165) is 5.56 Å². The molecule has 4 rings (SSSR count). The Bertz CT molecular complexity index is 1480. The number of ether oxygens (including phenoxy) is 2. The summed E-state index contributed by atoms with van der Waals surface area (Å²) in [6.45, 7) is 5.07. The lowest BCUT2D eigenvalue weighted by atomic mass is 10.2. The average molecular weight is 525 g/mol. The molecule has 12 heteroatoms. The predicted molar refractivity (Wildman–Crippen MR) is 136 cm³/mol. The van der Waals surface area contributed by atoms with Gasteiger partial charge >= 0.3 is 0 Å². The molecule has 1 N–H and O–H groups in total. The smallest absolute Gasteiger partial charge is 0.170 e. The lowest BCUT2D eigenvalue weighted by molar-refractivity contribution is 0.170. The van der Waals surface area contributed by atoms with Crippen molar-refractivity contribution >= 4 is 9.84 Å². The molecular formula is C25H28N6O5S. The van der Waals surface area contributed by atoms with Crippen molar-refractivity contribution in [2.75, 3.05) is 14.2 Å². The Morgan fingerprint density at radius 2 is 1.68 bits per heavy atom. The number of rotatable bonds is 9. The van der Waals surface area contributed by atoms with Gasteiger partial charge in [-0.15, -0.1) is 10.2 Å². The third-order valence-corrected chi connectivity index (χ3v) is 8.00. The highest BCUT2D eigenvalue weighted by Crippen LogP contribution is 2.37. The molecule has 0 aliphatic carbocycles. The lowest BCUT2D eigenvalue weighted by Crippen LogP contribution is -2.28. The number of hydrogen-bond acceptors (Lipinski definition) is 10. The van der Waals surface area contributed by atoms with E-state index in [-0.39, 0.29) is 11.5 Å². The number of aliphatic hydroxyl groups excluding tert-OH is 1. The molecule has 4 aromatic rings. The van der Waals surface area contributed by atoms with Crippen LogP contribution in [0.25, 0.3) is 17.1 Å². The fraction of sp³-hybridized carbons (Fsp3) is 0.320. The average Bonchev–Trinajstić information content (AvgIpc) is 3.29. The summed E-state index contributed by atoms with van der Waals surface area (Å²) in [7, 11) is -0.940. The Morgan fingerprint density at radius 1 is 0.973 bits per heavy atom. The van der Waals surface area contributed by atoms with Gasteiger partial charge in [0.2, 0.25) is 0 Å². The highest BCUT2D eigenvalue weighted by Gasteiger charge is 2.33. The van der Waals surface area contributed by atoms with Crippen LogP contribution in [0.2, 0.25) is 0 Å². The highest BCUT2D eigenvalue weighted by atomic mass is 32.2. The molecule has 0 radical (unpaired) electrons. The van der Waals surface area contributed by atoms with Crippen LogP contribution in [-0.4, -0.2) is 62.9 Å². The first-order chi connectivity index (χ1) is 17.7. The van der Waals surface area contributed by atoms with Crippen LogP contribution in [0, 0.1) is 13.8 Å². The van der Waals surface area contributed by atoms with Crippen LogP contribution in [0.5, 0.6) is 11.5 Å². The molecule has 194 valence electrons. The molecule has 0 aliphatic heterocycles. The number of sulfone groups is 1. The second-order valence-electron chi connectivity index (χ2n) is 8.59. The standard InChI is InChI=1S/C25H28N6O5S/c1-15-11-18(13-26-12-15)25-30-29-22(31(25)23-20(35-4)7-6-8-21(23)36-5)14-37(33,34)17(3)24(32)19-10-9-16(2)27-28-19/h6-13,17,24,32H,14H2,1-5H3/t17-,24-/m1/s1. The molecule has 0 amide bonds. The first-order valence-corrected chi connectivity index (χ1v) is 13.2. The van der Waals surface area contributed by atoms with E-state index in [1.54, 1.807) is 54.2 Å². The minimum atomic E-state index is -3.96. The summed E-state index contributed by atoms with van der Waals surface area (Å²) < 4.78 is 39.8. The normalized spacial score (nSPS) is 13.2. The van der Waals surface area contributed by atoms with Crippen LogP contribution >= 0.6 is 0 Å². The summed E-state index contributed by atoms with van der Waals surface area (Å²) in [5, 5.41) is 26.0. The molecule has 2 atom stereocenters. The fourth-order valence-corrected chi connectivity index (χ4v) is 5.22. The second kappa shape index (κ2) is 10.6. The Kier molecular flexibility index (Phi) is 7.50. The first kappa shape index (κ1) is 26.2. The van der Waals surface area contributed by atoms with Gasteiger partial charge < -0.3 is 14.6 Å². The van der Waals surface area contributed by atoms with E-state index < -0.39 is 26.9 Å². The summed E-state index contributed by atoms with van der Waals surface area (Å²) in [6.07, 6.45) is 1.95. The van der Waals surface area contributed by atoms with Gasteiger partial charge in [-0.1, -0.05) is 6.07 Å². The molecule has 11 nitrogen and oxygen atoms in total. The van der Waals surface area contributed by atoms with Crippen molar-refractivity contribution in [3.05, 3.63) is 71.6 Å². The second-order valence-corrected chi connectivity index (χ2v) is 11.0. The molecule has 0 fully saturated rings. The number of aromatic nitrogens is 6. The van der Waals surface area contributed by atoms with Crippen LogP contribution < -0.4 is 9.47 Å². The van der Waals surface area contributed by atoms with Crippen LogP contribution in [0.15, 0.2) is 48.8 Å². The van der Waals surface area contributed by atoms with Gasteiger partial charge in [0.15, 0.2) is 21.5 Å². The summed E-state index contributed by atoms with van der Waals surface area (Å²) in [5.74, 6) is 0.832. The minimum Gasteiger partial charge on any atom is -0.494 e. The van der Waals surface area contributed by atoms with E-state index in [0.29, 0.717) is 34.3 Å². The molecule has 3 aromatic heterocycles. The van der Waals surface area contributed by atoms with Gasteiger partial charge in [0, 0.05) is 18.0 Å². The topological polar surface area (TPSA) is 142 Å². The molecule has 37 heavy (non-hydrogen) atoms. The van der Waals surface area contributed by atoms with Crippen molar-refractivity contribution in [2.45, 2.75) is 37.9 Å². The molecular weight excluding hydrogens is 496 g/mol. The monoisotopic (exact) mass is 524 g/mol. The quantitative estimate of drug-likeness (QED) is 0.347. The largest absolute Gasteiger partial charge is 0.494 e. The lowest BCUT2D eigenvalue weighted by Gasteiger charge is -2.20. The number of aliphatic hydroxyl groups is 1. The van der Waals surface area contributed by atoms with Crippen LogP contribution in [0.1, 0.15) is 35.8 Å². The zero-order valence-corrected chi connectivity index (χ0v) is 22.0. The number of methoxy groups -OCH3 is 2. The van der Waals surface area contributed by atoms with Crippen LogP contribution in [0.3, 0.4) is 0 Å². The maximum atomic E-state index is 13.5. The van der Waals surface area contributed by atoms with Crippen LogP contribution in [-0.2, 0) is 15.6 Å². The van der Waals surface area contributed by atoms with Crippen molar-refractivity contribution in [1.29, 1.82) is 0 Å². The third kappa shape index (κ3) is 5.30. The Hall–Kier alpha value is -3.90. The van der Waals surface area contributed by atoms with E-state index in [4.69, 9.17) is 9.47 Å². The molecule has 0 unspecified atom stereocenters. The summed E-state index contributed by atoms with van der Waals surface area (Å²) >= 11 is 0. The van der Waals surface area contributed by atoms with Gasteiger partial charge in [-0.05, 0) is 56.7 Å².